The zero-order chi connectivity index (χ0) is 18.8. The predicted octanol–water partition coefficient (Wildman–Crippen LogP) is 3.46. The van der Waals surface area contributed by atoms with Gasteiger partial charge in [-0.2, -0.15) is 5.10 Å². The van der Waals surface area contributed by atoms with Crippen LogP contribution in [0.5, 0.6) is 0 Å². The molecule has 0 amide bonds. The lowest BCUT2D eigenvalue weighted by molar-refractivity contribution is 0.0998. The topological polar surface area (TPSA) is 53.3 Å². The molecule has 1 atom stereocenters. The number of aliphatic hydroxyl groups is 1. The van der Waals surface area contributed by atoms with Crippen LogP contribution in [0.3, 0.4) is 0 Å². The Bertz CT molecular complexity index is 756. The Morgan fingerprint density at radius 3 is 2.58 bits per heavy atom. The summed E-state index contributed by atoms with van der Waals surface area (Å²) in [6.07, 6.45) is 1.14. The molecule has 0 spiro atoms. The van der Waals surface area contributed by atoms with Gasteiger partial charge in [0.1, 0.15) is 17.7 Å². The fourth-order valence-corrected chi connectivity index (χ4v) is 3.38. The van der Waals surface area contributed by atoms with Gasteiger partial charge in [0.05, 0.1) is 10.7 Å². The number of hydrogen-bond acceptors (Lipinski definition) is 4. The smallest absolute Gasteiger partial charge is 0.150 e. The van der Waals surface area contributed by atoms with Gasteiger partial charge in [0.15, 0.2) is 0 Å². The lowest BCUT2D eigenvalue weighted by Crippen LogP contribution is -2.42. The van der Waals surface area contributed by atoms with Crippen molar-refractivity contribution < 1.29 is 9.50 Å². The summed E-state index contributed by atoms with van der Waals surface area (Å²) in [6.45, 7) is 6.11. The predicted molar refractivity (Wildman–Crippen MR) is 101 cm³/mol. The summed E-state index contributed by atoms with van der Waals surface area (Å²) in [5, 5.41) is 18.5. The molecule has 1 aliphatic rings. The second-order valence-electron chi connectivity index (χ2n) is 7.31. The summed E-state index contributed by atoms with van der Waals surface area (Å²) in [4.78, 5) is 2.28. The van der Waals surface area contributed by atoms with Crippen LogP contribution in [0.2, 0.25) is 5.02 Å². The Morgan fingerprint density at radius 1 is 1.27 bits per heavy atom. The van der Waals surface area contributed by atoms with E-state index in [1.165, 1.54) is 12.1 Å². The molecule has 7 heteroatoms. The van der Waals surface area contributed by atoms with Crippen LogP contribution in [0.4, 0.5) is 4.39 Å². The van der Waals surface area contributed by atoms with Crippen molar-refractivity contribution in [1.82, 2.24) is 20.0 Å². The number of benzene rings is 1. The number of aromatic nitrogens is 2. The summed E-state index contributed by atoms with van der Waals surface area (Å²) in [5.41, 5.74) is 2.04. The number of halogens is 2. The third kappa shape index (κ3) is 4.26. The number of nitrogens with one attached hydrogen (secondary N) is 1. The van der Waals surface area contributed by atoms with E-state index < -0.39 is 12.0 Å². The molecule has 1 aromatic heterocycles. The van der Waals surface area contributed by atoms with Crippen LogP contribution in [0.25, 0.3) is 5.69 Å². The Morgan fingerprint density at radius 2 is 1.96 bits per heavy atom. The van der Waals surface area contributed by atoms with E-state index in [1.54, 1.807) is 10.7 Å². The first-order valence-corrected chi connectivity index (χ1v) is 9.41. The van der Waals surface area contributed by atoms with Crippen LogP contribution in [0, 0.1) is 5.82 Å². The van der Waals surface area contributed by atoms with Gasteiger partial charge in [0, 0.05) is 17.8 Å². The molecule has 1 aliphatic heterocycles. The van der Waals surface area contributed by atoms with Crippen molar-refractivity contribution in [2.75, 3.05) is 20.1 Å². The lowest BCUT2D eigenvalue weighted by atomic mass is 10.1. The van der Waals surface area contributed by atoms with Crippen molar-refractivity contribution >= 4 is 11.6 Å². The Balaban J connectivity index is 1.83. The van der Waals surface area contributed by atoms with E-state index in [-0.39, 0.29) is 17.0 Å². The molecule has 1 unspecified atom stereocenters. The maximum absolute atomic E-state index is 13.9. The Hall–Kier alpha value is -1.47. The summed E-state index contributed by atoms with van der Waals surface area (Å²) in [6, 6.07) is 6.75. The van der Waals surface area contributed by atoms with Crippen LogP contribution in [0.1, 0.15) is 50.2 Å². The third-order valence-corrected chi connectivity index (χ3v) is 5.19. The second-order valence-corrected chi connectivity index (χ2v) is 7.71. The molecule has 0 bridgehead atoms. The Kier molecular flexibility index (Phi) is 5.97. The van der Waals surface area contributed by atoms with Gasteiger partial charge >= 0.3 is 0 Å². The van der Waals surface area contributed by atoms with Crippen molar-refractivity contribution in [3.8, 4) is 5.69 Å². The van der Waals surface area contributed by atoms with Crippen molar-refractivity contribution in [3.05, 3.63) is 46.5 Å². The molecule has 2 N–H and O–H groups in total. The minimum atomic E-state index is -0.848. The molecule has 0 radical (unpaired) electrons. The van der Waals surface area contributed by atoms with Gasteiger partial charge in [-0.1, -0.05) is 25.4 Å². The molecular formula is C19H26ClFN4O. The highest BCUT2D eigenvalue weighted by Gasteiger charge is 2.23. The van der Waals surface area contributed by atoms with Crippen molar-refractivity contribution in [3.63, 3.8) is 0 Å². The molecule has 1 aromatic carbocycles. The fourth-order valence-electron chi connectivity index (χ4n) is 3.27. The number of nitrogens with zero attached hydrogens (tertiary/aromatic N) is 3. The van der Waals surface area contributed by atoms with Crippen molar-refractivity contribution in [1.29, 1.82) is 0 Å². The lowest BCUT2D eigenvalue weighted by Gasteiger charge is -2.30. The summed E-state index contributed by atoms with van der Waals surface area (Å²) in [7, 11) is 2.11. The number of rotatable bonds is 5. The van der Waals surface area contributed by atoms with Gasteiger partial charge in [0.25, 0.3) is 0 Å². The van der Waals surface area contributed by atoms with E-state index in [4.69, 9.17) is 11.6 Å². The first-order valence-electron chi connectivity index (χ1n) is 9.03. The molecule has 26 heavy (non-hydrogen) atoms. The van der Waals surface area contributed by atoms with Crippen LogP contribution < -0.4 is 5.32 Å². The quantitative estimate of drug-likeness (QED) is 0.780. The van der Waals surface area contributed by atoms with Gasteiger partial charge < -0.3 is 10.0 Å². The average Bonchev–Trinajstić information content (AvgIpc) is 3.05. The molecule has 0 saturated carbocycles. The van der Waals surface area contributed by atoms with Gasteiger partial charge in [-0.15, -0.1) is 0 Å². The molecule has 142 valence electrons. The standard InChI is InChI=1S/C19H26ClFN4O/c1-12(2)18-11-17(19(26)22-13-6-8-24(3)9-7-13)23-25(18)14-4-5-15(20)16(21)10-14/h4-5,10-13,19,22,26H,6-9H2,1-3H3. The number of aliphatic hydroxyl groups excluding tert-OH is 1. The molecule has 1 saturated heterocycles. The minimum absolute atomic E-state index is 0.0798. The number of piperidine rings is 1. The van der Waals surface area contributed by atoms with Crippen molar-refractivity contribution in [2.24, 2.45) is 0 Å². The van der Waals surface area contributed by atoms with Crippen LogP contribution in [-0.2, 0) is 0 Å². The largest absolute Gasteiger partial charge is 0.373 e. The first kappa shape index (κ1) is 19.3. The van der Waals surface area contributed by atoms with E-state index in [1.807, 2.05) is 19.9 Å². The second kappa shape index (κ2) is 8.05. The maximum atomic E-state index is 13.9. The maximum Gasteiger partial charge on any atom is 0.150 e. The van der Waals surface area contributed by atoms with E-state index >= 15 is 0 Å². The normalized spacial score (nSPS) is 17.8. The molecule has 3 rings (SSSR count). The van der Waals surface area contributed by atoms with E-state index in [0.717, 1.165) is 31.6 Å². The highest BCUT2D eigenvalue weighted by Crippen LogP contribution is 2.25. The zero-order valence-corrected chi connectivity index (χ0v) is 16.2. The SMILES string of the molecule is CC(C)c1cc(C(O)NC2CCN(C)CC2)nn1-c1ccc(Cl)c(F)c1. The number of likely N-dealkylation sites (tertiary alicyclic amines) is 1. The van der Waals surface area contributed by atoms with E-state index in [9.17, 15) is 9.50 Å². The molecular weight excluding hydrogens is 355 g/mol. The number of hydrogen-bond donors (Lipinski definition) is 2. The van der Waals surface area contributed by atoms with Gasteiger partial charge in [-0.05, 0) is 57.1 Å². The first-order chi connectivity index (χ1) is 12.3. The summed E-state index contributed by atoms with van der Waals surface area (Å²) in [5.74, 6) is -0.313. The molecule has 5 nitrogen and oxygen atoms in total. The van der Waals surface area contributed by atoms with Crippen LogP contribution in [-0.4, -0.2) is 46.0 Å². The van der Waals surface area contributed by atoms with Crippen molar-refractivity contribution in [2.45, 2.75) is 44.9 Å². The molecule has 2 aromatic rings. The average molecular weight is 381 g/mol. The molecule has 1 fully saturated rings. The summed E-state index contributed by atoms with van der Waals surface area (Å²) >= 11 is 5.79. The highest BCUT2D eigenvalue weighted by atomic mass is 35.5. The third-order valence-electron chi connectivity index (χ3n) is 4.89. The zero-order valence-electron chi connectivity index (χ0n) is 15.4. The molecule has 2 heterocycles. The van der Waals surface area contributed by atoms with Crippen LogP contribution >= 0.6 is 11.6 Å². The van der Waals surface area contributed by atoms with Crippen LogP contribution in [0.15, 0.2) is 24.3 Å². The van der Waals surface area contributed by atoms with E-state index in [2.05, 4.69) is 22.4 Å². The highest BCUT2D eigenvalue weighted by molar-refractivity contribution is 6.30. The minimum Gasteiger partial charge on any atom is -0.373 e. The monoisotopic (exact) mass is 380 g/mol. The summed E-state index contributed by atoms with van der Waals surface area (Å²) < 4.78 is 15.5. The van der Waals surface area contributed by atoms with Gasteiger partial charge in [0.2, 0.25) is 0 Å². The van der Waals surface area contributed by atoms with E-state index in [0.29, 0.717) is 11.4 Å². The molecule has 0 aliphatic carbocycles. The van der Waals surface area contributed by atoms with Gasteiger partial charge in [-0.3, -0.25) is 5.32 Å². The van der Waals surface area contributed by atoms with Gasteiger partial charge in [-0.25, -0.2) is 9.07 Å². The Labute approximate surface area is 158 Å². The fraction of sp³-hybridized carbons (Fsp3) is 0.526.